The molecule has 0 spiro atoms. The van der Waals surface area contributed by atoms with Crippen LogP contribution < -0.4 is 0 Å². The predicted octanol–water partition coefficient (Wildman–Crippen LogP) is 3.35. The number of benzene rings is 2. The first-order valence-electron chi connectivity index (χ1n) is 5.53. The van der Waals surface area contributed by atoms with Gasteiger partial charge in [0.2, 0.25) is 0 Å². The third-order valence-corrected chi connectivity index (χ3v) is 4.32. The number of carbonyl (C=O) groups is 1. The Hall–Kier alpha value is -1.49. The molecule has 0 bridgehead atoms. The number of hydrogen-bond donors (Lipinski definition) is 1. The maximum atomic E-state index is 12.3. The second-order valence-electron chi connectivity index (χ2n) is 3.89. The van der Waals surface area contributed by atoms with E-state index in [1.54, 1.807) is 6.07 Å². The summed E-state index contributed by atoms with van der Waals surface area (Å²) in [4.78, 5) is 11.4. The third-order valence-electron chi connectivity index (χ3n) is 2.58. The van der Waals surface area contributed by atoms with Crippen molar-refractivity contribution in [2.45, 2.75) is 10.6 Å². The van der Waals surface area contributed by atoms with Gasteiger partial charge < -0.3 is 9.66 Å². The molecule has 0 aliphatic heterocycles. The van der Waals surface area contributed by atoms with Crippen LogP contribution in [0.25, 0.3) is 0 Å². The summed E-state index contributed by atoms with van der Waals surface area (Å²) < 4.78 is 12.3. The molecular formula is C14H11ClO3S. The summed E-state index contributed by atoms with van der Waals surface area (Å²) in [5, 5.41) is 9.25. The highest BCUT2D eigenvalue weighted by molar-refractivity contribution is 7.90. The highest BCUT2D eigenvalue weighted by Gasteiger charge is 2.23. The molecule has 0 saturated carbocycles. The number of halogens is 1. The van der Waals surface area contributed by atoms with Crippen molar-refractivity contribution in [2.75, 3.05) is 0 Å². The van der Waals surface area contributed by atoms with Crippen LogP contribution in [-0.4, -0.2) is 15.6 Å². The van der Waals surface area contributed by atoms with Crippen LogP contribution >= 0.6 is 11.6 Å². The van der Waals surface area contributed by atoms with E-state index in [1.807, 2.05) is 30.3 Å². The molecule has 19 heavy (non-hydrogen) atoms. The lowest BCUT2D eigenvalue weighted by atomic mass is 10.2. The van der Waals surface area contributed by atoms with Gasteiger partial charge in [0, 0.05) is 5.56 Å². The summed E-state index contributed by atoms with van der Waals surface area (Å²) in [6.45, 7) is 0. The van der Waals surface area contributed by atoms with E-state index in [2.05, 4.69) is 0 Å². The van der Waals surface area contributed by atoms with Crippen molar-refractivity contribution in [3.05, 3.63) is 64.7 Å². The Bertz CT molecular complexity index is 586. The third kappa shape index (κ3) is 3.29. The van der Waals surface area contributed by atoms with Crippen LogP contribution in [0.5, 0.6) is 0 Å². The zero-order valence-electron chi connectivity index (χ0n) is 9.88. The zero-order valence-corrected chi connectivity index (χ0v) is 11.4. The SMILES string of the molecule is O=C(O)c1c(Cl)cccc1[S+]([O-])Cc1ccccc1. The van der Waals surface area contributed by atoms with Gasteiger partial charge in [-0.05, 0) is 23.3 Å². The van der Waals surface area contributed by atoms with E-state index >= 15 is 0 Å². The summed E-state index contributed by atoms with van der Waals surface area (Å²) in [6.07, 6.45) is 0. The Labute approximate surface area is 119 Å². The smallest absolute Gasteiger partial charge is 0.342 e. The quantitative estimate of drug-likeness (QED) is 0.880. The lowest BCUT2D eigenvalue weighted by molar-refractivity contribution is 0.0693. The molecule has 98 valence electrons. The highest BCUT2D eigenvalue weighted by atomic mass is 35.5. The van der Waals surface area contributed by atoms with E-state index in [4.69, 9.17) is 16.7 Å². The Morgan fingerprint density at radius 3 is 2.47 bits per heavy atom. The van der Waals surface area contributed by atoms with E-state index in [0.717, 1.165) is 5.56 Å². The van der Waals surface area contributed by atoms with Gasteiger partial charge in [-0.2, -0.15) is 0 Å². The van der Waals surface area contributed by atoms with Crippen molar-refractivity contribution < 1.29 is 14.5 Å². The summed E-state index contributed by atoms with van der Waals surface area (Å²) in [5.74, 6) is -0.899. The fraction of sp³-hybridized carbons (Fsp3) is 0.0714. The number of aromatic carboxylic acids is 1. The van der Waals surface area contributed by atoms with Crippen LogP contribution in [0.2, 0.25) is 5.02 Å². The monoisotopic (exact) mass is 294 g/mol. The van der Waals surface area contributed by atoms with E-state index in [1.165, 1.54) is 12.1 Å². The first-order valence-corrected chi connectivity index (χ1v) is 7.23. The molecule has 1 N–H and O–H groups in total. The molecule has 3 nitrogen and oxygen atoms in total. The average Bonchev–Trinajstić information content (AvgIpc) is 2.39. The van der Waals surface area contributed by atoms with Gasteiger partial charge in [-0.1, -0.05) is 48.0 Å². The molecule has 0 aliphatic rings. The predicted molar refractivity (Wildman–Crippen MR) is 75.0 cm³/mol. The van der Waals surface area contributed by atoms with Crippen LogP contribution in [0, 0.1) is 0 Å². The van der Waals surface area contributed by atoms with Gasteiger partial charge in [-0.15, -0.1) is 0 Å². The molecule has 0 radical (unpaired) electrons. The molecule has 5 heteroatoms. The Morgan fingerprint density at radius 1 is 1.16 bits per heavy atom. The van der Waals surface area contributed by atoms with Crippen LogP contribution in [0.4, 0.5) is 0 Å². The van der Waals surface area contributed by atoms with Crippen molar-refractivity contribution in [3.63, 3.8) is 0 Å². The lowest BCUT2D eigenvalue weighted by Gasteiger charge is -2.13. The number of carboxylic acids is 1. The molecule has 0 heterocycles. The van der Waals surface area contributed by atoms with Crippen LogP contribution in [0.3, 0.4) is 0 Å². The number of carboxylic acid groups (broad SMARTS) is 1. The summed E-state index contributed by atoms with van der Waals surface area (Å²) in [7, 11) is 0. The first kappa shape index (κ1) is 13.9. The molecule has 1 atom stereocenters. The molecule has 0 amide bonds. The lowest BCUT2D eigenvalue weighted by Crippen LogP contribution is -2.11. The van der Waals surface area contributed by atoms with Gasteiger partial charge in [0.05, 0.1) is 5.02 Å². The largest absolute Gasteiger partial charge is 0.611 e. The Kier molecular flexibility index (Phi) is 4.47. The van der Waals surface area contributed by atoms with Gasteiger partial charge in [0.1, 0.15) is 11.3 Å². The zero-order chi connectivity index (χ0) is 13.8. The van der Waals surface area contributed by atoms with Crippen LogP contribution in [0.15, 0.2) is 53.4 Å². The molecule has 0 fully saturated rings. The molecule has 0 aliphatic carbocycles. The minimum absolute atomic E-state index is 0.0848. The second-order valence-corrected chi connectivity index (χ2v) is 5.72. The molecule has 2 aromatic carbocycles. The van der Waals surface area contributed by atoms with Gasteiger partial charge >= 0.3 is 5.97 Å². The molecule has 0 saturated heterocycles. The minimum atomic E-state index is -1.44. The number of hydrogen-bond acceptors (Lipinski definition) is 2. The van der Waals surface area contributed by atoms with Crippen molar-refractivity contribution >= 4 is 28.7 Å². The van der Waals surface area contributed by atoms with Gasteiger partial charge in [-0.25, -0.2) is 4.79 Å². The second kappa shape index (κ2) is 6.10. The van der Waals surface area contributed by atoms with E-state index in [9.17, 15) is 9.35 Å². The van der Waals surface area contributed by atoms with Gasteiger partial charge in [-0.3, -0.25) is 0 Å². The summed E-state index contributed by atoms with van der Waals surface area (Å²) in [5.41, 5.74) is 0.801. The fourth-order valence-corrected chi connectivity index (χ4v) is 3.32. The van der Waals surface area contributed by atoms with Crippen molar-refractivity contribution in [3.8, 4) is 0 Å². The molecule has 2 rings (SSSR count). The standard InChI is InChI=1S/C14H11ClO3S/c15-11-7-4-8-12(13(11)14(16)17)19(18)9-10-5-2-1-3-6-10/h1-8H,9H2,(H,16,17). The molecule has 0 aromatic heterocycles. The van der Waals surface area contributed by atoms with Crippen LogP contribution in [0.1, 0.15) is 15.9 Å². The molecule has 2 aromatic rings. The summed E-state index contributed by atoms with van der Waals surface area (Å²) >= 11 is 4.41. The van der Waals surface area contributed by atoms with Gasteiger partial charge in [0.15, 0.2) is 4.90 Å². The first-order chi connectivity index (χ1) is 9.09. The van der Waals surface area contributed by atoms with E-state index in [-0.39, 0.29) is 21.2 Å². The maximum Gasteiger partial charge on any atom is 0.342 e. The van der Waals surface area contributed by atoms with Crippen molar-refractivity contribution in [2.24, 2.45) is 0 Å². The van der Waals surface area contributed by atoms with Crippen molar-refractivity contribution in [1.29, 1.82) is 0 Å². The van der Waals surface area contributed by atoms with Gasteiger partial charge in [0.25, 0.3) is 0 Å². The van der Waals surface area contributed by atoms with E-state index < -0.39 is 17.1 Å². The highest BCUT2D eigenvalue weighted by Crippen LogP contribution is 2.26. The molecule has 1 unspecified atom stereocenters. The van der Waals surface area contributed by atoms with Crippen molar-refractivity contribution in [1.82, 2.24) is 0 Å². The maximum absolute atomic E-state index is 12.3. The topological polar surface area (TPSA) is 60.4 Å². The fourth-order valence-electron chi connectivity index (χ4n) is 1.70. The minimum Gasteiger partial charge on any atom is -0.611 e. The molecular weight excluding hydrogens is 284 g/mol. The Balaban J connectivity index is 2.31. The van der Waals surface area contributed by atoms with E-state index in [0.29, 0.717) is 0 Å². The van der Waals surface area contributed by atoms with Crippen LogP contribution in [-0.2, 0) is 16.9 Å². The Morgan fingerprint density at radius 2 is 1.84 bits per heavy atom. The summed E-state index contributed by atoms with van der Waals surface area (Å²) in [6, 6.07) is 13.9. The normalized spacial score (nSPS) is 12.1. The number of rotatable bonds is 4. The average molecular weight is 295 g/mol.